The first kappa shape index (κ1) is 16.7. The van der Waals surface area contributed by atoms with E-state index in [2.05, 4.69) is 22.9 Å². The third-order valence-corrected chi connectivity index (χ3v) is 7.95. The van der Waals surface area contributed by atoms with Gasteiger partial charge in [-0.25, -0.2) is 0 Å². The van der Waals surface area contributed by atoms with Gasteiger partial charge in [0.05, 0.1) is 18.4 Å². The van der Waals surface area contributed by atoms with E-state index in [1.54, 1.807) is 11.3 Å². The number of amidine groups is 1. The summed E-state index contributed by atoms with van der Waals surface area (Å²) in [7, 11) is 0. The van der Waals surface area contributed by atoms with Crippen LogP contribution in [-0.2, 0) is 5.54 Å². The second-order valence-corrected chi connectivity index (χ2v) is 9.33. The third kappa shape index (κ3) is 2.79. The van der Waals surface area contributed by atoms with Gasteiger partial charge in [-0.3, -0.25) is 4.99 Å². The van der Waals surface area contributed by atoms with Crippen molar-refractivity contribution in [2.75, 3.05) is 5.75 Å². The largest absolute Gasteiger partial charge is 0.386 e. The number of halogens is 2. The van der Waals surface area contributed by atoms with Crippen molar-refractivity contribution in [3.05, 3.63) is 19.8 Å². The van der Waals surface area contributed by atoms with Crippen LogP contribution in [0.5, 0.6) is 0 Å². The Morgan fingerprint density at radius 2 is 2.05 bits per heavy atom. The van der Waals surface area contributed by atoms with Crippen molar-refractivity contribution in [2.24, 2.45) is 10.7 Å². The van der Waals surface area contributed by atoms with Gasteiger partial charge in [-0.15, -0.1) is 23.1 Å². The van der Waals surface area contributed by atoms with Crippen molar-refractivity contribution < 1.29 is 0 Å². The Morgan fingerprint density at radius 3 is 2.45 bits per heavy atom. The molecular weight excluding hydrogens is 376 g/mol. The number of nitrogens with two attached hydrogens (primary N) is 1. The van der Waals surface area contributed by atoms with Crippen LogP contribution < -0.4 is 5.73 Å². The lowest BCUT2D eigenvalue weighted by Crippen LogP contribution is -2.52. The van der Waals surface area contributed by atoms with Crippen LogP contribution in [0.15, 0.2) is 14.8 Å². The summed E-state index contributed by atoms with van der Waals surface area (Å²) in [4.78, 5) is 5.92. The van der Waals surface area contributed by atoms with Gasteiger partial charge in [-0.1, -0.05) is 25.4 Å². The number of thiophene rings is 1. The van der Waals surface area contributed by atoms with Crippen molar-refractivity contribution in [2.45, 2.75) is 50.3 Å². The van der Waals surface area contributed by atoms with Crippen LogP contribution in [-0.4, -0.2) is 16.3 Å². The summed E-state index contributed by atoms with van der Waals surface area (Å²) in [6.07, 6.45) is 3.61. The molecule has 2 aliphatic rings. The first-order chi connectivity index (χ1) is 9.45. The molecule has 6 heteroatoms. The predicted octanol–water partition coefficient (Wildman–Crippen LogP) is 5.43. The van der Waals surface area contributed by atoms with E-state index in [1.165, 1.54) is 19.3 Å². The Labute approximate surface area is 142 Å². The maximum absolute atomic E-state index is 6.30. The lowest BCUT2D eigenvalue weighted by atomic mass is 9.82. The van der Waals surface area contributed by atoms with E-state index in [4.69, 9.17) is 22.3 Å². The number of hydrogen-bond donors (Lipinski definition) is 1. The quantitative estimate of drug-likeness (QED) is 0.688. The van der Waals surface area contributed by atoms with Gasteiger partial charge in [-0.05, 0) is 48.2 Å². The lowest BCUT2D eigenvalue weighted by molar-refractivity contribution is 0.432. The molecular formula is C14H20BrClN2S2. The summed E-state index contributed by atoms with van der Waals surface area (Å²) >= 11 is 13.4. The molecule has 1 aliphatic carbocycles. The van der Waals surface area contributed by atoms with Crippen LogP contribution >= 0.6 is 50.6 Å². The average molecular weight is 396 g/mol. The standard InChI is InChI=1S/C12H14BrClN2S2.C2H6/c1-11(9-7(14)5-8(13)18-9)6-17-12(3-2-4-12)10(15)16-11;1-2/h5H,2-4,6H2,1H3,(H2,15,16);1-2H3/t11-;/m0./s1. The van der Waals surface area contributed by atoms with Crippen LogP contribution in [0.4, 0.5) is 0 Å². The third-order valence-electron chi connectivity index (χ3n) is 3.77. The van der Waals surface area contributed by atoms with Crippen LogP contribution in [0.3, 0.4) is 0 Å². The Bertz CT molecular complexity index is 525. The van der Waals surface area contributed by atoms with E-state index in [0.717, 1.165) is 25.3 Å². The predicted molar refractivity (Wildman–Crippen MR) is 96.4 cm³/mol. The molecule has 20 heavy (non-hydrogen) atoms. The molecule has 1 aromatic heterocycles. The fourth-order valence-electron chi connectivity index (χ4n) is 2.48. The number of hydrogen-bond acceptors (Lipinski definition) is 4. The molecule has 2 N–H and O–H groups in total. The zero-order chi connectivity index (χ0) is 15.0. The first-order valence-electron chi connectivity index (χ1n) is 6.90. The van der Waals surface area contributed by atoms with Gasteiger partial charge in [-0.2, -0.15) is 0 Å². The normalized spacial score (nSPS) is 27.4. The second kappa shape index (κ2) is 6.19. The molecule has 112 valence electrons. The molecule has 3 rings (SSSR count). The highest BCUT2D eigenvalue weighted by Gasteiger charge is 2.48. The van der Waals surface area contributed by atoms with Gasteiger partial charge in [0, 0.05) is 5.75 Å². The summed E-state index contributed by atoms with van der Waals surface area (Å²) in [5.74, 6) is 1.77. The molecule has 1 aromatic rings. The molecule has 1 saturated carbocycles. The van der Waals surface area contributed by atoms with E-state index < -0.39 is 0 Å². The van der Waals surface area contributed by atoms with E-state index >= 15 is 0 Å². The molecule has 0 saturated heterocycles. The van der Waals surface area contributed by atoms with E-state index in [0.29, 0.717) is 0 Å². The van der Waals surface area contributed by atoms with E-state index in [-0.39, 0.29) is 10.3 Å². The summed E-state index contributed by atoms with van der Waals surface area (Å²) < 4.78 is 1.19. The summed E-state index contributed by atoms with van der Waals surface area (Å²) in [6.45, 7) is 6.13. The zero-order valence-electron chi connectivity index (χ0n) is 12.0. The minimum Gasteiger partial charge on any atom is -0.386 e. The fraction of sp³-hybridized carbons (Fsp3) is 0.643. The molecule has 1 spiro atoms. The fourth-order valence-corrected chi connectivity index (χ4v) is 6.31. The topological polar surface area (TPSA) is 38.4 Å². The summed E-state index contributed by atoms with van der Waals surface area (Å²) in [5, 5.41) is 0.788. The van der Waals surface area contributed by atoms with Crippen LogP contribution in [0.1, 0.15) is 44.9 Å². The van der Waals surface area contributed by atoms with Gasteiger partial charge < -0.3 is 5.73 Å². The van der Waals surface area contributed by atoms with E-state index in [9.17, 15) is 0 Å². The molecule has 2 heterocycles. The van der Waals surface area contributed by atoms with Crippen LogP contribution in [0.25, 0.3) is 0 Å². The average Bonchev–Trinajstić information content (AvgIpc) is 2.70. The van der Waals surface area contributed by atoms with Crippen molar-refractivity contribution in [1.29, 1.82) is 0 Å². The highest BCUT2D eigenvalue weighted by molar-refractivity contribution is 9.11. The Kier molecular flexibility index (Phi) is 5.15. The van der Waals surface area contributed by atoms with Gasteiger partial charge in [0.2, 0.25) is 0 Å². The summed E-state index contributed by atoms with van der Waals surface area (Å²) in [5.41, 5.74) is 5.95. The second-order valence-electron chi connectivity index (χ2n) is 5.13. The van der Waals surface area contributed by atoms with Gasteiger partial charge >= 0.3 is 0 Å². The molecule has 1 fully saturated rings. The van der Waals surface area contributed by atoms with Gasteiger partial charge in [0.25, 0.3) is 0 Å². The molecule has 1 aliphatic heterocycles. The Balaban J connectivity index is 0.000000704. The molecule has 0 radical (unpaired) electrons. The van der Waals surface area contributed by atoms with Crippen LogP contribution in [0.2, 0.25) is 5.02 Å². The maximum atomic E-state index is 6.30. The Morgan fingerprint density at radius 1 is 1.40 bits per heavy atom. The minimum atomic E-state index is -0.274. The van der Waals surface area contributed by atoms with Crippen molar-refractivity contribution in [1.82, 2.24) is 0 Å². The number of thioether (sulfide) groups is 1. The highest BCUT2D eigenvalue weighted by Crippen LogP contribution is 2.52. The molecule has 1 atom stereocenters. The number of aliphatic imine (C=N–C) groups is 1. The van der Waals surface area contributed by atoms with Crippen LogP contribution in [0, 0.1) is 0 Å². The molecule has 0 unspecified atom stereocenters. The lowest BCUT2D eigenvalue weighted by Gasteiger charge is -2.46. The highest BCUT2D eigenvalue weighted by atomic mass is 79.9. The first-order valence-corrected chi connectivity index (χ1v) is 9.88. The SMILES string of the molecule is CC.C[C@@]1(c2sc(Br)cc2Cl)CSC2(CCC2)C(N)=N1. The van der Waals surface area contributed by atoms with Crippen molar-refractivity contribution in [3.8, 4) is 0 Å². The molecule has 0 aromatic carbocycles. The smallest absolute Gasteiger partial charge is 0.111 e. The zero-order valence-corrected chi connectivity index (χ0v) is 16.0. The maximum Gasteiger partial charge on any atom is 0.111 e. The molecule has 0 bridgehead atoms. The van der Waals surface area contributed by atoms with Crippen molar-refractivity contribution >= 4 is 56.5 Å². The minimum absolute atomic E-state index is 0.139. The monoisotopic (exact) mass is 394 g/mol. The van der Waals surface area contributed by atoms with Gasteiger partial charge in [0.1, 0.15) is 11.4 Å². The number of nitrogens with zero attached hydrogens (tertiary/aromatic N) is 1. The van der Waals surface area contributed by atoms with Gasteiger partial charge in [0.15, 0.2) is 0 Å². The Hall–Kier alpha value is 0.290. The number of rotatable bonds is 1. The van der Waals surface area contributed by atoms with Crippen molar-refractivity contribution in [3.63, 3.8) is 0 Å². The molecule has 2 nitrogen and oxygen atoms in total. The summed E-state index contributed by atoms with van der Waals surface area (Å²) in [6, 6.07) is 1.94. The van der Waals surface area contributed by atoms with E-state index in [1.807, 2.05) is 31.7 Å². The molecule has 0 amide bonds.